The fraction of sp³-hybridized carbons (Fsp3) is 0.375. The number of nitrogens with zero attached hydrogens (tertiary/aromatic N) is 3. The fourth-order valence-corrected chi connectivity index (χ4v) is 4.43. The summed E-state index contributed by atoms with van der Waals surface area (Å²) in [7, 11) is 0. The van der Waals surface area contributed by atoms with Gasteiger partial charge in [0.1, 0.15) is 35.9 Å². The summed E-state index contributed by atoms with van der Waals surface area (Å²) in [4.78, 5) is 15.9. The van der Waals surface area contributed by atoms with Gasteiger partial charge < -0.3 is 20.7 Å². The number of piperidine rings is 1. The van der Waals surface area contributed by atoms with Gasteiger partial charge in [0.25, 0.3) is 0 Å². The van der Waals surface area contributed by atoms with Crippen molar-refractivity contribution in [2.45, 2.75) is 37.6 Å². The Bertz CT molecular complexity index is 1180. The van der Waals surface area contributed by atoms with E-state index in [9.17, 15) is 18.0 Å². The molecule has 11 heteroatoms. The van der Waals surface area contributed by atoms with Gasteiger partial charge in [0.15, 0.2) is 0 Å². The van der Waals surface area contributed by atoms with Gasteiger partial charge in [-0.25, -0.2) is 9.67 Å². The van der Waals surface area contributed by atoms with Gasteiger partial charge in [-0.05, 0) is 43.2 Å². The van der Waals surface area contributed by atoms with E-state index >= 15 is 0 Å². The van der Waals surface area contributed by atoms with Crippen LogP contribution in [0, 0.1) is 0 Å². The molecule has 1 unspecified atom stereocenters. The maximum absolute atomic E-state index is 13.0. The molecule has 3 N–H and O–H groups in total. The second-order valence-corrected chi connectivity index (χ2v) is 8.53. The van der Waals surface area contributed by atoms with E-state index < -0.39 is 12.1 Å². The van der Waals surface area contributed by atoms with Crippen molar-refractivity contribution in [1.29, 1.82) is 0 Å². The predicted octanol–water partition coefficient (Wildman–Crippen LogP) is 3.41. The van der Waals surface area contributed by atoms with Gasteiger partial charge >= 0.3 is 12.1 Å². The average Bonchev–Trinajstić information content (AvgIpc) is 3.26. The zero-order valence-corrected chi connectivity index (χ0v) is 18.8. The summed E-state index contributed by atoms with van der Waals surface area (Å²) in [5.41, 5.74) is 1.56. The number of amidine groups is 1. The second kappa shape index (κ2) is 9.57. The van der Waals surface area contributed by atoms with Gasteiger partial charge in [0, 0.05) is 13.0 Å². The minimum atomic E-state index is -5.02. The topological polar surface area (TPSA) is 92.6 Å². The molecule has 1 amide bonds. The SMILES string of the molecule is O=C(NC1=NCNc2c1c(C1=CCC(Oc3ccccc3)C=C1)nn2[C@@H]1CCCNC1)C(F)(F)F. The van der Waals surface area contributed by atoms with Crippen LogP contribution in [-0.4, -0.2) is 53.6 Å². The molecule has 2 atom stereocenters. The van der Waals surface area contributed by atoms with Gasteiger partial charge in [-0.1, -0.05) is 30.4 Å². The van der Waals surface area contributed by atoms with Crippen molar-refractivity contribution in [2.24, 2.45) is 4.99 Å². The number of para-hydroxylation sites is 1. The predicted molar refractivity (Wildman–Crippen MR) is 125 cm³/mol. The number of halogens is 3. The molecule has 3 heterocycles. The summed E-state index contributed by atoms with van der Waals surface area (Å²) in [5, 5.41) is 13.2. The molecule has 5 rings (SSSR count). The number of carbonyl (C=O) groups excluding carboxylic acids is 1. The maximum Gasteiger partial charge on any atom is 0.471 e. The number of benzene rings is 1. The van der Waals surface area contributed by atoms with E-state index in [-0.39, 0.29) is 24.7 Å². The zero-order valence-electron chi connectivity index (χ0n) is 18.8. The number of anilines is 1. The molecule has 0 saturated carbocycles. The van der Waals surface area contributed by atoms with E-state index in [4.69, 9.17) is 9.84 Å². The third-order valence-corrected chi connectivity index (χ3v) is 6.10. The summed E-state index contributed by atoms with van der Waals surface area (Å²) in [6, 6.07) is 9.48. The molecule has 2 aliphatic heterocycles. The highest BCUT2D eigenvalue weighted by Crippen LogP contribution is 2.34. The van der Waals surface area contributed by atoms with Crippen LogP contribution in [-0.2, 0) is 4.79 Å². The monoisotopic (exact) mass is 486 g/mol. The lowest BCUT2D eigenvalue weighted by Crippen LogP contribution is -2.42. The molecule has 8 nitrogen and oxygen atoms in total. The van der Waals surface area contributed by atoms with Gasteiger partial charge in [-0.2, -0.15) is 18.3 Å². The van der Waals surface area contributed by atoms with Gasteiger partial charge in [0.05, 0.1) is 11.6 Å². The molecule has 0 spiro atoms. The molecular weight excluding hydrogens is 461 g/mol. The number of hydrogen-bond donors (Lipinski definition) is 3. The Morgan fingerprint density at radius 1 is 1.23 bits per heavy atom. The van der Waals surface area contributed by atoms with Crippen molar-refractivity contribution >= 4 is 23.1 Å². The van der Waals surface area contributed by atoms with E-state index in [1.54, 1.807) is 0 Å². The first kappa shape index (κ1) is 23.2. The van der Waals surface area contributed by atoms with Gasteiger partial charge in [-0.15, -0.1) is 0 Å². The summed E-state index contributed by atoms with van der Waals surface area (Å²) < 4.78 is 46.8. The van der Waals surface area contributed by atoms with Gasteiger partial charge in [-0.3, -0.25) is 4.79 Å². The van der Waals surface area contributed by atoms with E-state index in [0.29, 0.717) is 30.0 Å². The summed E-state index contributed by atoms with van der Waals surface area (Å²) in [6.45, 7) is 1.64. The van der Waals surface area contributed by atoms with Crippen molar-refractivity contribution in [3.8, 4) is 5.75 Å². The molecule has 1 aromatic carbocycles. The molecule has 2 aromatic rings. The van der Waals surface area contributed by atoms with Crippen molar-refractivity contribution in [2.75, 3.05) is 25.1 Å². The van der Waals surface area contributed by atoms with E-state index in [1.165, 1.54) is 0 Å². The fourth-order valence-electron chi connectivity index (χ4n) is 4.43. The van der Waals surface area contributed by atoms with Crippen LogP contribution in [0.25, 0.3) is 5.57 Å². The summed E-state index contributed by atoms with van der Waals surface area (Å²) >= 11 is 0. The third-order valence-electron chi connectivity index (χ3n) is 6.10. The Labute approximate surface area is 199 Å². The Morgan fingerprint density at radius 3 is 2.74 bits per heavy atom. The highest BCUT2D eigenvalue weighted by molar-refractivity contribution is 6.14. The molecule has 1 aliphatic carbocycles. The standard InChI is InChI=1S/C24H25F3N6O2/c25-24(26,27)23(34)31-21-19-20(15-8-10-18(11-9-15)35-17-6-2-1-3-7-17)32-33(22(19)30-14-29-21)16-5-4-12-28-13-16/h1-3,6-10,16,18,28,30H,4-5,11-14H2,(H,29,31,34)/t16-,18?/m1/s1. The van der Waals surface area contributed by atoms with Crippen molar-refractivity contribution in [1.82, 2.24) is 20.4 Å². The average molecular weight is 486 g/mol. The van der Waals surface area contributed by atoms with Crippen LogP contribution in [0.1, 0.15) is 36.6 Å². The number of allylic oxidation sites excluding steroid dienone is 2. The number of nitrogens with one attached hydrogen (secondary N) is 3. The van der Waals surface area contributed by atoms with Crippen LogP contribution in [0.4, 0.5) is 19.0 Å². The first-order chi connectivity index (χ1) is 16.9. The highest BCUT2D eigenvalue weighted by Gasteiger charge is 2.41. The minimum Gasteiger partial charge on any atom is -0.486 e. The highest BCUT2D eigenvalue weighted by atomic mass is 19.4. The van der Waals surface area contributed by atoms with Crippen LogP contribution in [0.15, 0.2) is 53.6 Å². The summed E-state index contributed by atoms with van der Waals surface area (Å²) in [5.74, 6) is -0.897. The van der Waals surface area contributed by atoms with Crippen LogP contribution in [0.3, 0.4) is 0 Å². The maximum atomic E-state index is 13.0. The van der Waals surface area contributed by atoms with Gasteiger partial charge in [0.2, 0.25) is 0 Å². The number of rotatable bonds is 4. The molecule has 0 bridgehead atoms. The Balaban J connectivity index is 1.46. The van der Waals surface area contributed by atoms with Crippen molar-refractivity contribution < 1.29 is 22.7 Å². The van der Waals surface area contributed by atoms with Crippen molar-refractivity contribution in [3.63, 3.8) is 0 Å². The zero-order chi connectivity index (χ0) is 24.4. The van der Waals surface area contributed by atoms with Crippen LogP contribution in [0.2, 0.25) is 0 Å². The molecule has 3 aliphatic rings. The Kier molecular flexibility index (Phi) is 6.33. The number of fused-ring (bicyclic) bond motifs is 1. The van der Waals surface area contributed by atoms with Crippen LogP contribution in [0.5, 0.6) is 5.75 Å². The van der Waals surface area contributed by atoms with Crippen molar-refractivity contribution in [3.05, 3.63) is 59.8 Å². The number of hydrogen-bond acceptors (Lipinski definition) is 6. The molecule has 0 radical (unpaired) electrons. The van der Waals surface area contributed by atoms with E-state index in [0.717, 1.165) is 30.7 Å². The van der Waals surface area contributed by atoms with E-state index in [1.807, 2.05) is 58.6 Å². The number of ether oxygens (including phenoxy) is 1. The molecule has 184 valence electrons. The lowest BCUT2D eigenvalue weighted by molar-refractivity contribution is -0.171. The second-order valence-electron chi connectivity index (χ2n) is 8.53. The Hall–Kier alpha value is -3.60. The third kappa shape index (κ3) is 4.95. The van der Waals surface area contributed by atoms with E-state index in [2.05, 4.69) is 15.6 Å². The largest absolute Gasteiger partial charge is 0.486 e. The smallest absolute Gasteiger partial charge is 0.471 e. The first-order valence-corrected chi connectivity index (χ1v) is 11.5. The lowest BCUT2D eigenvalue weighted by atomic mass is 9.99. The molecule has 1 aromatic heterocycles. The molecular formula is C24H25F3N6O2. The molecule has 1 fully saturated rings. The first-order valence-electron chi connectivity index (χ1n) is 11.5. The number of aromatic nitrogens is 2. The minimum absolute atomic E-state index is 0.0266. The lowest BCUT2D eigenvalue weighted by Gasteiger charge is -2.26. The number of alkyl halides is 3. The quantitative estimate of drug-likeness (QED) is 0.616. The summed E-state index contributed by atoms with van der Waals surface area (Å²) in [6.07, 6.45) is 2.88. The normalized spacial score (nSPS) is 21.9. The number of carbonyl (C=O) groups is 1. The number of amides is 1. The Morgan fingerprint density at radius 2 is 2.06 bits per heavy atom. The number of aliphatic imine (C=N–C) groups is 1. The molecule has 1 saturated heterocycles. The van der Waals surface area contributed by atoms with Crippen LogP contribution < -0.4 is 20.7 Å². The van der Waals surface area contributed by atoms with Crippen LogP contribution >= 0.6 is 0 Å². The molecule has 35 heavy (non-hydrogen) atoms.